The molecule has 0 fully saturated rings. The van der Waals surface area contributed by atoms with E-state index in [2.05, 4.69) is 4.98 Å². The van der Waals surface area contributed by atoms with Crippen LogP contribution in [0.4, 0.5) is 19.1 Å². The maximum absolute atomic E-state index is 12.2. The standard InChI is InChI=1S/C15H13F3N2O2/c16-15(17,18)14(21)20-12-8-19-13(22-12)11-7-3-5-9-4-1-2-6-10(9)11/h3,5,7-8H,1-2,4,6H2,(H,20,21). The molecule has 0 saturated carbocycles. The molecule has 1 aliphatic rings. The third kappa shape index (κ3) is 2.84. The monoisotopic (exact) mass is 310 g/mol. The first-order chi connectivity index (χ1) is 10.4. The summed E-state index contributed by atoms with van der Waals surface area (Å²) in [6.07, 6.45) is 0.164. The van der Waals surface area contributed by atoms with Gasteiger partial charge >= 0.3 is 12.1 Å². The number of carbonyl (C=O) groups is 1. The zero-order chi connectivity index (χ0) is 15.7. The lowest BCUT2D eigenvalue weighted by atomic mass is 9.88. The molecule has 0 atom stereocenters. The number of aryl methyl sites for hydroxylation is 1. The molecular formula is C15H13F3N2O2. The first kappa shape index (κ1) is 14.6. The Morgan fingerprint density at radius 1 is 1.23 bits per heavy atom. The molecule has 22 heavy (non-hydrogen) atoms. The topological polar surface area (TPSA) is 55.1 Å². The van der Waals surface area contributed by atoms with Crippen LogP contribution in [0.15, 0.2) is 28.8 Å². The van der Waals surface area contributed by atoms with E-state index in [1.807, 2.05) is 18.2 Å². The largest absolute Gasteiger partial charge is 0.471 e. The molecule has 0 unspecified atom stereocenters. The van der Waals surface area contributed by atoms with Crippen molar-refractivity contribution in [2.75, 3.05) is 5.32 Å². The van der Waals surface area contributed by atoms with Gasteiger partial charge in [0.2, 0.25) is 11.8 Å². The SMILES string of the molecule is O=C(Nc1cnc(-c2cccc3c2CCCC3)o1)C(F)(F)F. The Kier molecular flexibility index (Phi) is 3.64. The number of anilines is 1. The van der Waals surface area contributed by atoms with Crippen molar-refractivity contribution >= 4 is 11.8 Å². The van der Waals surface area contributed by atoms with E-state index >= 15 is 0 Å². The van der Waals surface area contributed by atoms with Gasteiger partial charge in [0, 0.05) is 5.56 Å². The minimum Gasteiger partial charge on any atom is -0.420 e. The molecule has 2 aromatic rings. The number of hydrogen-bond acceptors (Lipinski definition) is 3. The summed E-state index contributed by atoms with van der Waals surface area (Å²) >= 11 is 0. The van der Waals surface area contributed by atoms with Gasteiger partial charge in [0.25, 0.3) is 0 Å². The van der Waals surface area contributed by atoms with E-state index in [4.69, 9.17) is 4.42 Å². The van der Waals surface area contributed by atoms with Crippen molar-refractivity contribution in [2.45, 2.75) is 31.9 Å². The van der Waals surface area contributed by atoms with Crippen LogP contribution in [0.5, 0.6) is 0 Å². The van der Waals surface area contributed by atoms with Crippen molar-refractivity contribution in [2.24, 2.45) is 0 Å². The second-order valence-electron chi connectivity index (χ2n) is 5.13. The van der Waals surface area contributed by atoms with E-state index in [0.717, 1.165) is 43.0 Å². The molecule has 1 aliphatic carbocycles. The first-order valence-corrected chi connectivity index (χ1v) is 6.90. The molecule has 1 N–H and O–H groups in total. The number of carbonyl (C=O) groups excluding carboxylic acids is 1. The molecule has 116 valence electrons. The molecule has 1 heterocycles. The van der Waals surface area contributed by atoms with Gasteiger partial charge in [0.1, 0.15) is 0 Å². The first-order valence-electron chi connectivity index (χ1n) is 6.90. The molecule has 0 saturated heterocycles. The third-order valence-corrected chi connectivity index (χ3v) is 3.63. The minimum absolute atomic E-state index is 0.219. The summed E-state index contributed by atoms with van der Waals surface area (Å²) in [6.45, 7) is 0. The Balaban J connectivity index is 1.87. The second-order valence-corrected chi connectivity index (χ2v) is 5.13. The van der Waals surface area contributed by atoms with Crippen LogP contribution in [-0.2, 0) is 17.6 Å². The summed E-state index contributed by atoms with van der Waals surface area (Å²) in [6, 6.07) is 5.73. The van der Waals surface area contributed by atoms with Crippen molar-refractivity contribution in [3.05, 3.63) is 35.5 Å². The molecule has 1 aromatic carbocycles. The molecule has 1 aromatic heterocycles. The van der Waals surface area contributed by atoms with Gasteiger partial charge in [-0.05, 0) is 42.9 Å². The van der Waals surface area contributed by atoms with Crippen LogP contribution in [0, 0.1) is 0 Å². The van der Waals surface area contributed by atoms with Gasteiger partial charge in [-0.2, -0.15) is 13.2 Å². The Morgan fingerprint density at radius 3 is 2.77 bits per heavy atom. The van der Waals surface area contributed by atoms with E-state index in [1.165, 1.54) is 5.56 Å². The second kappa shape index (κ2) is 5.47. The number of alkyl halides is 3. The predicted molar refractivity (Wildman–Crippen MR) is 73.3 cm³/mol. The van der Waals surface area contributed by atoms with Crippen LogP contribution in [0.2, 0.25) is 0 Å². The van der Waals surface area contributed by atoms with Gasteiger partial charge < -0.3 is 4.42 Å². The van der Waals surface area contributed by atoms with Crippen LogP contribution >= 0.6 is 0 Å². The van der Waals surface area contributed by atoms with E-state index in [9.17, 15) is 18.0 Å². The Hall–Kier alpha value is -2.31. The number of nitrogens with one attached hydrogen (secondary N) is 1. The number of hydrogen-bond donors (Lipinski definition) is 1. The smallest absolute Gasteiger partial charge is 0.420 e. The summed E-state index contributed by atoms with van der Waals surface area (Å²) in [5.74, 6) is -2.17. The van der Waals surface area contributed by atoms with Crippen molar-refractivity contribution in [3.63, 3.8) is 0 Å². The van der Waals surface area contributed by atoms with Gasteiger partial charge in [0.15, 0.2) is 0 Å². The lowest BCUT2D eigenvalue weighted by molar-refractivity contribution is -0.167. The summed E-state index contributed by atoms with van der Waals surface area (Å²) in [5.41, 5.74) is 3.09. The van der Waals surface area contributed by atoms with Crippen molar-refractivity contribution < 1.29 is 22.4 Å². The highest BCUT2D eigenvalue weighted by Gasteiger charge is 2.39. The summed E-state index contributed by atoms with van der Waals surface area (Å²) in [4.78, 5) is 14.9. The van der Waals surface area contributed by atoms with Crippen molar-refractivity contribution in [1.29, 1.82) is 0 Å². The van der Waals surface area contributed by atoms with Gasteiger partial charge in [-0.15, -0.1) is 0 Å². The normalized spacial score (nSPS) is 14.5. The molecule has 4 nitrogen and oxygen atoms in total. The molecular weight excluding hydrogens is 297 g/mol. The number of nitrogens with zero attached hydrogens (tertiary/aromatic N) is 1. The number of halogens is 3. The molecule has 1 amide bonds. The maximum Gasteiger partial charge on any atom is 0.471 e. The average molecular weight is 310 g/mol. The van der Waals surface area contributed by atoms with Crippen molar-refractivity contribution in [1.82, 2.24) is 4.98 Å². The Morgan fingerprint density at radius 2 is 2.00 bits per heavy atom. The lowest BCUT2D eigenvalue weighted by Crippen LogP contribution is -2.29. The summed E-state index contributed by atoms with van der Waals surface area (Å²) < 4.78 is 41.9. The van der Waals surface area contributed by atoms with Gasteiger partial charge in [-0.25, -0.2) is 4.98 Å². The predicted octanol–water partition coefficient (Wildman–Crippen LogP) is 3.72. The van der Waals surface area contributed by atoms with Crippen LogP contribution in [-0.4, -0.2) is 17.1 Å². The average Bonchev–Trinajstić information content (AvgIpc) is 2.94. The van der Waals surface area contributed by atoms with E-state index in [0.29, 0.717) is 0 Å². The number of fused-ring (bicyclic) bond motifs is 1. The fourth-order valence-corrected chi connectivity index (χ4v) is 2.62. The Bertz CT molecular complexity index is 707. The van der Waals surface area contributed by atoms with Gasteiger partial charge in [0.05, 0.1) is 6.20 Å². The molecule has 3 rings (SSSR count). The summed E-state index contributed by atoms with van der Waals surface area (Å²) in [5, 5.41) is 1.66. The molecule has 0 radical (unpaired) electrons. The number of oxazole rings is 1. The van der Waals surface area contributed by atoms with Gasteiger partial charge in [-0.3, -0.25) is 10.1 Å². The van der Waals surface area contributed by atoms with Crippen LogP contribution in [0.3, 0.4) is 0 Å². The number of amides is 1. The zero-order valence-corrected chi connectivity index (χ0v) is 11.5. The lowest BCUT2D eigenvalue weighted by Gasteiger charge is -2.17. The minimum atomic E-state index is -4.96. The molecule has 0 bridgehead atoms. The Labute approximate surface area is 124 Å². The number of aromatic nitrogens is 1. The fraction of sp³-hybridized carbons (Fsp3) is 0.333. The van der Waals surface area contributed by atoms with E-state index in [1.54, 1.807) is 5.32 Å². The van der Waals surface area contributed by atoms with E-state index in [-0.39, 0.29) is 11.8 Å². The highest BCUT2D eigenvalue weighted by molar-refractivity contribution is 5.93. The van der Waals surface area contributed by atoms with Gasteiger partial charge in [-0.1, -0.05) is 12.1 Å². The van der Waals surface area contributed by atoms with Crippen LogP contribution in [0.1, 0.15) is 24.0 Å². The number of benzene rings is 1. The third-order valence-electron chi connectivity index (χ3n) is 3.63. The zero-order valence-electron chi connectivity index (χ0n) is 11.5. The highest BCUT2D eigenvalue weighted by Crippen LogP contribution is 2.32. The number of rotatable bonds is 2. The fourth-order valence-electron chi connectivity index (χ4n) is 2.62. The van der Waals surface area contributed by atoms with Crippen LogP contribution < -0.4 is 5.32 Å². The highest BCUT2D eigenvalue weighted by atomic mass is 19.4. The molecule has 0 aliphatic heterocycles. The van der Waals surface area contributed by atoms with Crippen molar-refractivity contribution in [3.8, 4) is 11.5 Å². The molecule has 7 heteroatoms. The van der Waals surface area contributed by atoms with Crippen LogP contribution in [0.25, 0.3) is 11.5 Å². The summed E-state index contributed by atoms with van der Waals surface area (Å²) in [7, 11) is 0. The van der Waals surface area contributed by atoms with E-state index < -0.39 is 12.1 Å². The molecule has 0 spiro atoms. The maximum atomic E-state index is 12.2. The quantitative estimate of drug-likeness (QED) is 0.919.